The van der Waals surface area contributed by atoms with Gasteiger partial charge >= 0.3 is 0 Å². The maximum absolute atomic E-state index is 14.9. The number of nitrogens with one attached hydrogen (secondary N) is 1. The summed E-state index contributed by atoms with van der Waals surface area (Å²) in [4.78, 5) is 33.2. The highest BCUT2D eigenvalue weighted by atomic mass is 16.8. The summed E-state index contributed by atoms with van der Waals surface area (Å²) in [5, 5.41) is 230. The van der Waals surface area contributed by atoms with Gasteiger partial charge in [-0.2, -0.15) is 0 Å². The zero-order valence-electron chi connectivity index (χ0n) is 54.5. The number of fused-ring (bicyclic) bond motifs is 1. The molecule has 103 heavy (non-hydrogen) atoms. The fraction of sp³-hybridized carbons (Fsp3) is 0.672. The first-order valence-corrected chi connectivity index (χ1v) is 33.1. The molecule has 21 N–H and O–H groups in total. The number of benzene rings is 1. The number of aryl methyl sites for hydroxylation is 1. The molecule has 0 spiro atoms. The van der Waals surface area contributed by atoms with Crippen LogP contribution in [0.3, 0.4) is 0 Å². The second kappa shape index (κ2) is 32.8. The monoisotopic (exact) mass is 1470 g/mol. The molecule has 1 aromatic carbocycles. The maximum Gasteiger partial charge on any atom is 0.253 e. The molecule has 0 saturated carbocycles. The minimum atomic E-state index is -2.34. The van der Waals surface area contributed by atoms with Crippen molar-refractivity contribution in [1.29, 1.82) is 0 Å². The highest BCUT2D eigenvalue weighted by molar-refractivity contribution is 6.12. The summed E-state index contributed by atoms with van der Waals surface area (Å²) < 4.78 is 83.6. The van der Waals surface area contributed by atoms with E-state index in [0.717, 1.165) is 5.56 Å². The van der Waals surface area contributed by atoms with Crippen LogP contribution in [0.5, 0.6) is 0 Å². The minimum absolute atomic E-state index is 0.0417. The number of rotatable bonds is 12. The Morgan fingerprint density at radius 1 is 0.369 bits per heavy atom. The first kappa shape index (κ1) is 77.5. The third-order valence-corrected chi connectivity index (χ3v) is 19.6. The molecule has 3 aromatic heterocycles. The van der Waals surface area contributed by atoms with E-state index in [1.54, 1.807) is 67.1 Å². The van der Waals surface area contributed by atoms with E-state index in [2.05, 4.69) is 10.3 Å². The lowest BCUT2D eigenvalue weighted by atomic mass is 9.95. The predicted octanol–water partition coefficient (Wildman–Crippen LogP) is -10.9. The van der Waals surface area contributed by atoms with E-state index in [4.69, 9.17) is 66.3 Å². The molecular formula is C64H85N3O36. The van der Waals surface area contributed by atoms with Crippen LogP contribution >= 0.6 is 0 Å². The van der Waals surface area contributed by atoms with Gasteiger partial charge in [0.2, 0.25) is 5.78 Å². The van der Waals surface area contributed by atoms with Crippen LogP contribution in [-0.2, 0) is 66.3 Å². The van der Waals surface area contributed by atoms with Crippen LogP contribution in [-0.4, -0.2) is 384 Å². The molecule has 21 aliphatic heterocycles. The third kappa shape index (κ3) is 15.3. The number of aliphatic hydroxyl groups excluding tert-OH is 20. The summed E-state index contributed by atoms with van der Waals surface area (Å²) in [5.74, 6) is -1.39. The average molecular weight is 1470 g/mol. The maximum atomic E-state index is 14.9. The van der Waals surface area contributed by atoms with E-state index >= 15 is 0 Å². The minimum Gasteiger partial charge on any atom is -0.394 e. The lowest BCUT2D eigenvalue weighted by Gasteiger charge is -2.50. The highest BCUT2D eigenvalue weighted by Crippen LogP contribution is 2.40. The molecule has 1 amide bonds. The fourth-order valence-electron chi connectivity index (χ4n) is 13.9. The molecular weight excluding hydrogens is 1390 g/mol. The smallest absolute Gasteiger partial charge is 0.253 e. The van der Waals surface area contributed by atoms with Crippen LogP contribution in [0, 0.1) is 6.92 Å². The first-order valence-electron chi connectivity index (χ1n) is 33.1. The largest absolute Gasteiger partial charge is 0.394 e. The van der Waals surface area contributed by atoms with Crippen molar-refractivity contribution in [3.05, 3.63) is 95.6 Å². The van der Waals surface area contributed by atoms with E-state index < -0.39 is 273 Å². The molecule has 24 heterocycles. The van der Waals surface area contributed by atoms with Gasteiger partial charge in [0.1, 0.15) is 171 Å². The summed E-state index contributed by atoms with van der Waals surface area (Å²) in [5.41, 5.74) is 2.54. The Hall–Kier alpha value is -5.09. The van der Waals surface area contributed by atoms with Gasteiger partial charge in [0.15, 0.2) is 44.0 Å². The van der Waals surface area contributed by atoms with Crippen LogP contribution in [0.1, 0.15) is 32.0 Å². The van der Waals surface area contributed by atoms with Gasteiger partial charge in [-0.15, -0.1) is 0 Å². The number of ketones is 1. The Morgan fingerprint density at radius 3 is 0.961 bits per heavy atom. The van der Waals surface area contributed by atoms with Crippen molar-refractivity contribution in [2.75, 3.05) is 46.2 Å². The Labute approximate surface area is 583 Å². The molecule has 39 heteroatoms. The van der Waals surface area contributed by atoms with Gasteiger partial charge in [0, 0.05) is 30.7 Å². The molecule has 0 radical (unpaired) electrons. The van der Waals surface area contributed by atoms with Gasteiger partial charge in [0.25, 0.3) is 5.91 Å². The van der Waals surface area contributed by atoms with E-state index in [0.29, 0.717) is 11.1 Å². The summed E-state index contributed by atoms with van der Waals surface area (Å²) in [6.45, 7) is -5.51. The van der Waals surface area contributed by atoms with E-state index in [1.165, 1.54) is 10.5 Å². The number of ether oxygens (including phenoxy) is 14. The number of carbonyl (C=O) groups is 2. The summed E-state index contributed by atoms with van der Waals surface area (Å²) >= 11 is 0. The molecule has 4 aromatic rings. The molecule has 572 valence electrons. The van der Waals surface area contributed by atoms with Crippen molar-refractivity contribution < 1.29 is 178 Å². The van der Waals surface area contributed by atoms with Gasteiger partial charge in [0.05, 0.1) is 56.4 Å². The second-order valence-electron chi connectivity index (χ2n) is 26.2. The van der Waals surface area contributed by atoms with Crippen molar-refractivity contribution in [2.24, 2.45) is 0 Å². The Balaban J connectivity index is 0.861. The van der Waals surface area contributed by atoms with Crippen LogP contribution in [0.2, 0.25) is 0 Å². The van der Waals surface area contributed by atoms with Crippen molar-refractivity contribution in [2.45, 2.75) is 222 Å². The average Bonchev–Trinajstić information content (AvgIpc) is 1.73. The highest BCUT2D eigenvalue weighted by Gasteiger charge is 2.60. The zero-order chi connectivity index (χ0) is 73.7. The number of hydrogen-bond donors (Lipinski definition) is 21. The molecule has 25 rings (SSSR count). The lowest BCUT2D eigenvalue weighted by Crippen LogP contribution is -2.68. The molecule has 0 aliphatic carbocycles. The molecule has 21 aliphatic rings. The fourth-order valence-corrected chi connectivity index (χ4v) is 13.9. The Kier molecular flexibility index (Phi) is 24.7. The summed E-state index contributed by atoms with van der Waals surface area (Å²) in [6.07, 6.45) is -68.3. The number of nitrogens with zero attached hydrogens (tertiary/aromatic N) is 2. The number of carbonyl (C=O) groups excluding carboxylic acids is 2. The van der Waals surface area contributed by atoms with E-state index in [9.17, 15) is 112 Å². The van der Waals surface area contributed by atoms with Crippen LogP contribution in [0.15, 0.2) is 73.2 Å². The first-order chi connectivity index (χ1) is 49.3. The molecule has 35 unspecified atom stereocenters. The number of hydrogen-bond acceptors (Lipinski definition) is 37. The molecule has 14 bridgehead atoms. The SMILES string of the molecule is Cc1ccc(C(=O)c2cc(C(=O)NCC3OC4OC5C(CO)OC(OC6C(CO)OC(OC7C(CO)OC(OC8C(CO)OC(OC9C(CO)OC(OC%10C(CO)OC(OC3C(O)C4O)C(O)C%10O)C(O)C9O)C(O)C8O)C(O)C7O)C(O)C6O)C(O)C5O)c3cc(-c4ccncc4)ccn23)cc1. The molecule has 39 nitrogen and oxygen atoms in total. The van der Waals surface area contributed by atoms with Gasteiger partial charge < -0.3 is 178 Å². The standard InChI is InChI=1S/C64H85N3O36/c1-21-2-4-23(5-3-21)35(74)27-13-25(26-12-24(8-11-67(26)27)22-6-9-65-10-7-22)57(89)66-14-28-50-36(75)43(82)58(90-28)98-51-29(15-68)92-60(45(84)38(51)77)100-53-31(17-70)94-62(47(86)40(53)79)102-55-33(19-72)96-64(49(88)42(55)81)103-56-34(20-73)95-63(48(87)41(56)80)101-54-32(18-71)93-61(46(85)39(54)78)99-52-30(16-69)91-59(97-50)44(83)37(52)76/h2-13,28-34,36-56,58-64,68-73,75-88H,14-20H2,1H3,(H,66,89). The van der Waals surface area contributed by atoms with Crippen molar-refractivity contribution in [3.8, 4) is 11.1 Å². The third-order valence-electron chi connectivity index (χ3n) is 19.6. The molecule has 21 fully saturated rings. The van der Waals surface area contributed by atoms with Crippen LogP contribution in [0.4, 0.5) is 0 Å². The van der Waals surface area contributed by atoms with E-state index in [1.807, 2.05) is 6.92 Å². The summed E-state index contributed by atoms with van der Waals surface area (Å²) in [7, 11) is 0. The van der Waals surface area contributed by atoms with Crippen molar-refractivity contribution >= 4 is 17.2 Å². The van der Waals surface area contributed by atoms with Crippen molar-refractivity contribution in [1.82, 2.24) is 14.7 Å². The van der Waals surface area contributed by atoms with E-state index in [-0.39, 0.29) is 22.3 Å². The quantitative estimate of drug-likeness (QED) is 0.0586. The Bertz CT molecular complexity index is 3440. The zero-order valence-corrected chi connectivity index (χ0v) is 54.5. The van der Waals surface area contributed by atoms with Gasteiger partial charge in [-0.1, -0.05) is 29.8 Å². The van der Waals surface area contributed by atoms with Gasteiger partial charge in [-0.3, -0.25) is 14.6 Å². The van der Waals surface area contributed by atoms with Gasteiger partial charge in [-0.25, -0.2) is 0 Å². The molecule has 21 saturated heterocycles. The number of pyridine rings is 2. The summed E-state index contributed by atoms with van der Waals surface area (Å²) in [6, 6.07) is 14.8. The number of aliphatic hydroxyl groups is 20. The van der Waals surface area contributed by atoms with Crippen molar-refractivity contribution in [3.63, 3.8) is 0 Å². The second-order valence-corrected chi connectivity index (χ2v) is 26.2. The van der Waals surface area contributed by atoms with Crippen LogP contribution < -0.4 is 5.32 Å². The predicted molar refractivity (Wildman–Crippen MR) is 329 cm³/mol. The van der Waals surface area contributed by atoms with Crippen LogP contribution in [0.25, 0.3) is 16.6 Å². The lowest BCUT2D eigenvalue weighted by molar-refractivity contribution is -0.396. The topological polar surface area (TPSA) is 597 Å². The number of amides is 1. The normalized spacial score (nSPS) is 44.3. The number of aromatic nitrogens is 2. The molecule has 35 atom stereocenters. The van der Waals surface area contributed by atoms with Gasteiger partial charge in [-0.05, 0) is 48.4 Å². The Morgan fingerprint density at radius 2 is 0.660 bits per heavy atom.